The number of aryl methyl sites for hydroxylation is 1. The van der Waals surface area contributed by atoms with Crippen LogP contribution in [0.25, 0.3) is 0 Å². The van der Waals surface area contributed by atoms with Crippen LogP contribution in [-0.4, -0.2) is 34.4 Å². The van der Waals surface area contributed by atoms with Gasteiger partial charge in [-0.2, -0.15) is 0 Å². The number of benzene rings is 1. The molecule has 1 aromatic carbocycles. The molecule has 0 spiro atoms. The van der Waals surface area contributed by atoms with Gasteiger partial charge in [0.1, 0.15) is 23.9 Å². The molecule has 0 amide bonds. The van der Waals surface area contributed by atoms with Crippen molar-refractivity contribution < 1.29 is 9.15 Å². The lowest BCUT2D eigenvalue weighted by Gasteiger charge is -2.12. The Hall–Kier alpha value is -3.29. The van der Waals surface area contributed by atoms with E-state index in [9.17, 15) is 0 Å². The lowest BCUT2D eigenvalue weighted by atomic mass is 10.1. The average Bonchev–Trinajstić information content (AvgIpc) is 3.35. The Morgan fingerprint density at radius 3 is 2.64 bits per heavy atom. The topological polar surface area (TPSA) is 89.5 Å². The lowest BCUT2D eigenvalue weighted by molar-refractivity contribution is 0.414. The molecule has 3 aromatic rings. The number of ether oxygens (including phenoxy) is 1. The molecule has 0 unspecified atom stereocenters. The van der Waals surface area contributed by atoms with Gasteiger partial charge in [0, 0.05) is 13.6 Å². The Labute approximate surface area is 164 Å². The molecule has 148 valence electrons. The van der Waals surface area contributed by atoms with E-state index in [1.807, 2.05) is 42.8 Å². The number of hydrogen-bond donors (Lipinski definition) is 2. The van der Waals surface area contributed by atoms with Crippen molar-refractivity contribution >= 4 is 5.96 Å². The number of rotatable bonds is 8. The molecule has 0 saturated carbocycles. The van der Waals surface area contributed by atoms with Crippen molar-refractivity contribution in [3.05, 3.63) is 65.6 Å². The first kappa shape index (κ1) is 19.5. The third-order valence-electron chi connectivity index (χ3n) is 4.44. The van der Waals surface area contributed by atoms with Gasteiger partial charge >= 0.3 is 0 Å². The monoisotopic (exact) mass is 382 g/mol. The van der Waals surface area contributed by atoms with Crippen LogP contribution in [-0.2, 0) is 26.6 Å². The van der Waals surface area contributed by atoms with Gasteiger partial charge in [-0.1, -0.05) is 12.1 Å². The smallest absolute Gasteiger partial charge is 0.192 e. The van der Waals surface area contributed by atoms with Crippen LogP contribution in [0.15, 0.2) is 52.1 Å². The van der Waals surface area contributed by atoms with Crippen LogP contribution in [0.4, 0.5) is 0 Å². The molecule has 3 rings (SSSR count). The van der Waals surface area contributed by atoms with Crippen LogP contribution < -0.4 is 15.4 Å². The third-order valence-corrected chi connectivity index (χ3v) is 4.44. The lowest BCUT2D eigenvalue weighted by Crippen LogP contribution is -2.38. The summed E-state index contributed by atoms with van der Waals surface area (Å²) in [6.07, 6.45) is 2.53. The standard InChI is InChI=1S/C20H26N6O2/c1-15-24-25-19(26(15)2)14-23-20(22-13-18-5-4-12-28-18)21-11-10-16-6-8-17(27-3)9-7-16/h4-9,12H,10-11,13-14H2,1-3H3,(H2,21,22,23). The summed E-state index contributed by atoms with van der Waals surface area (Å²) in [7, 11) is 3.61. The molecular weight excluding hydrogens is 356 g/mol. The van der Waals surface area contributed by atoms with Crippen LogP contribution in [0.5, 0.6) is 5.75 Å². The SMILES string of the molecule is COc1ccc(CCNC(=NCc2nnc(C)n2C)NCc2ccco2)cc1. The van der Waals surface area contributed by atoms with Crippen LogP contribution in [0.1, 0.15) is 23.0 Å². The summed E-state index contributed by atoms with van der Waals surface area (Å²) in [5, 5.41) is 14.9. The zero-order chi connectivity index (χ0) is 19.8. The fourth-order valence-corrected chi connectivity index (χ4v) is 2.61. The molecule has 2 N–H and O–H groups in total. The summed E-state index contributed by atoms with van der Waals surface area (Å²) in [6, 6.07) is 11.9. The second-order valence-electron chi connectivity index (χ2n) is 6.35. The highest BCUT2D eigenvalue weighted by molar-refractivity contribution is 5.79. The predicted octanol–water partition coefficient (Wildman–Crippen LogP) is 2.20. The van der Waals surface area contributed by atoms with Gasteiger partial charge in [0.2, 0.25) is 0 Å². The Kier molecular flexibility index (Phi) is 6.67. The van der Waals surface area contributed by atoms with E-state index in [2.05, 4.69) is 38.0 Å². The maximum atomic E-state index is 5.38. The van der Waals surface area contributed by atoms with Crippen molar-refractivity contribution in [2.45, 2.75) is 26.4 Å². The van der Waals surface area contributed by atoms with Gasteiger partial charge in [-0.3, -0.25) is 0 Å². The molecule has 2 aromatic heterocycles. The molecule has 0 aliphatic carbocycles. The highest BCUT2D eigenvalue weighted by atomic mass is 16.5. The second kappa shape index (κ2) is 9.59. The molecule has 0 bridgehead atoms. The number of aliphatic imine (C=N–C) groups is 1. The molecule has 0 saturated heterocycles. The van der Waals surface area contributed by atoms with Crippen LogP contribution in [0.2, 0.25) is 0 Å². The van der Waals surface area contributed by atoms with Crippen molar-refractivity contribution in [3.63, 3.8) is 0 Å². The summed E-state index contributed by atoms with van der Waals surface area (Å²) in [5.41, 5.74) is 1.22. The van der Waals surface area contributed by atoms with E-state index >= 15 is 0 Å². The van der Waals surface area contributed by atoms with Crippen LogP contribution in [0.3, 0.4) is 0 Å². The molecular formula is C20H26N6O2. The Balaban J connectivity index is 1.59. The fraction of sp³-hybridized carbons (Fsp3) is 0.350. The maximum Gasteiger partial charge on any atom is 0.192 e. The first-order chi connectivity index (χ1) is 13.7. The normalized spacial score (nSPS) is 11.5. The molecule has 8 heteroatoms. The number of nitrogens with zero attached hydrogens (tertiary/aromatic N) is 4. The van der Waals surface area contributed by atoms with Crippen LogP contribution >= 0.6 is 0 Å². The Morgan fingerprint density at radius 2 is 2.00 bits per heavy atom. The molecule has 8 nitrogen and oxygen atoms in total. The molecule has 2 heterocycles. The number of aromatic nitrogens is 3. The van der Waals surface area contributed by atoms with E-state index < -0.39 is 0 Å². The van der Waals surface area contributed by atoms with Crippen molar-refractivity contribution in [2.24, 2.45) is 12.0 Å². The van der Waals surface area contributed by atoms with E-state index in [1.165, 1.54) is 5.56 Å². The van der Waals surface area contributed by atoms with Crippen LogP contribution in [0, 0.1) is 6.92 Å². The molecule has 0 radical (unpaired) electrons. The van der Waals surface area contributed by atoms with Crippen molar-refractivity contribution in [2.75, 3.05) is 13.7 Å². The Bertz CT molecular complexity index is 884. The largest absolute Gasteiger partial charge is 0.497 e. The van der Waals surface area contributed by atoms with Crippen molar-refractivity contribution in [1.29, 1.82) is 0 Å². The van der Waals surface area contributed by atoms with Gasteiger partial charge < -0.3 is 24.4 Å². The second-order valence-corrected chi connectivity index (χ2v) is 6.35. The molecule has 0 fully saturated rings. The minimum absolute atomic E-state index is 0.438. The van der Waals surface area contributed by atoms with E-state index in [0.717, 1.165) is 36.1 Å². The third kappa shape index (κ3) is 5.35. The van der Waals surface area contributed by atoms with Gasteiger partial charge in [-0.15, -0.1) is 10.2 Å². The van der Waals surface area contributed by atoms with Gasteiger partial charge in [0.15, 0.2) is 11.8 Å². The fourth-order valence-electron chi connectivity index (χ4n) is 2.61. The first-order valence-electron chi connectivity index (χ1n) is 9.18. The van der Waals surface area contributed by atoms with Gasteiger partial charge in [-0.05, 0) is 43.2 Å². The van der Waals surface area contributed by atoms with E-state index in [1.54, 1.807) is 13.4 Å². The summed E-state index contributed by atoms with van der Waals surface area (Å²) < 4.78 is 12.5. The Morgan fingerprint density at radius 1 is 1.18 bits per heavy atom. The van der Waals surface area contributed by atoms with E-state index in [-0.39, 0.29) is 0 Å². The van der Waals surface area contributed by atoms with Crippen molar-refractivity contribution in [1.82, 2.24) is 25.4 Å². The van der Waals surface area contributed by atoms with E-state index in [0.29, 0.717) is 19.0 Å². The summed E-state index contributed by atoms with van der Waals surface area (Å²) >= 11 is 0. The molecule has 0 atom stereocenters. The number of guanidine groups is 1. The summed E-state index contributed by atoms with van der Waals surface area (Å²) in [5.74, 6) is 4.08. The highest BCUT2D eigenvalue weighted by Crippen LogP contribution is 2.11. The number of furan rings is 1. The van der Waals surface area contributed by atoms with Gasteiger partial charge in [0.05, 0.1) is 19.9 Å². The maximum absolute atomic E-state index is 5.38. The summed E-state index contributed by atoms with van der Waals surface area (Å²) in [6.45, 7) is 3.66. The minimum Gasteiger partial charge on any atom is -0.497 e. The minimum atomic E-state index is 0.438. The molecule has 0 aliphatic heterocycles. The number of nitrogens with one attached hydrogen (secondary N) is 2. The van der Waals surface area contributed by atoms with Gasteiger partial charge in [0.25, 0.3) is 0 Å². The average molecular weight is 382 g/mol. The number of hydrogen-bond acceptors (Lipinski definition) is 5. The molecule has 0 aliphatic rings. The molecule has 28 heavy (non-hydrogen) atoms. The predicted molar refractivity (Wildman–Crippen MR) is 107 cm³/mol. The quantitative estimate of drug-likeness (QED) is 0.459. The zero-order valence-corrected chi connectivity index (χ0v) is 16.5. The van der Waals surface area contributed by atoms with Gasteiger partial charge in [-0.25, -0.2) is 4.99 Å². The zero-order valence-electron chi connectivity index (χ0n) is 16.5. The highest BCUT2D eigenvalue weighted by Gasteiger charge is 2.06. The first-order valence-corrected chi connectivity index (χ1v) is 9.18. The van der Waals surface area contributed by atoms with E-state index in [4.69, 9.17) is 9.15 Å². The number of methoxy groups -OCH3 is 1. The summed E-state index contributed by atoms with van der Waals surface area (Å²) in [4.78, 5) is 4.64. The van der Waals surface area contributed by atoms with Crippen molar-refractivity contribution in [3.8, 4) is 5.75 Å².